The molecule has 0 atom stereocenters. The second kappa shape index (κ2) is 9.72. The number of methoxy groups -OCH3 is 1. The molecule has 7 nitrogen and oxygen atoms in total. The molecule has 0 saturated heterocycles. The minimum Gasteiger partial charge on any atom is -0.489 e. The Morgan fingerprint density at radius 2 is 2.00 bits per heavy atom. The lowest BCUT2D eigenvalue weighted by Crippen LogP contribution is -2.26. The van der Waals surface area contributed by atoms with Crippen LogP contribution < -0.4 is 15.4 Å². The van der Waals surface area contributed by atoms with E-state index in [4.69, 9.17) is 9.47 Å². The zero-order valence-electron chi connectivity index (χ0n) is 15.7. The number of nitrogens with one attached hydrogen (secondary N) is 2. The van der Waals surface area contributed by atoms with Crippen LogP contribution in [-0.4, -0.2) is 42.2 Å². The van der Waals surface area contributed by atoms with Crippen LogP contribution in [0.2, 0.25) is 0 Å². The lowest BCUT2D eigenvalue weighted by Gasteiger charge is -2.15. The van der Waals surface area contributed by atoms with Crippen LogP contribution in [0.25, 0.3) is 0 Å². The number of hydrogen-bond acceptors (Lipinski definition) is 6. The van der Waals surface area contributed by atoms with Gasteiger partial charge in [-0.1, -0.05) is 12.1 Å². The van der Waals surface area contributed by atoms with E-state index in [0.29, 0.717) is 36.2 Å². The lowest BCUT2D eigenvalue weighted by atomic mass is 10.3. The minimum atomic E-state index is -0.235. The fourth-order valence-electron chi connectivity index (χ4n) is 2.30. The second-order valence-electron chi connectivity index (χ2n) is 6.11. The van der Waals surface area contributed by atoms with E-state index in [1.165, 1.54) is 0 Å². The summed E-state index contributed by atoms with van der Waals surface area (Å²) in [5.74, 6) is 0.825. The number of amides is 1. The molecule has 0 aliphatic heterocycles. The van der Waals surface area contributed by atoms with Crippen LogP contribution in [0.5, 0.6) is 5.75 Å². The summed E-state index contributed by atoms with van der Waals surface area (Å²) in [7, 11) is 1.63. The third kappa shape index (κ3) is 6.00. The summed E-state index contributed by atoms with van der Waals surface area (Å²) in [6.45, 7) is 6.88. The van der Waals surface area contributed by atoms with Gasteiger partial charge in [0.25, 0.3) is 5.91 Å². The van der Waals surface area contributed by atoms with Crippen molar-refractivity contribution < 1.29 is 14.3 Å². The van der Waals surface area contributed by atoms with Gasteiger partial charge in [0.15, 0.2) is 0 Å². The first-order valence-corrected chi connectivity index (χ1v) is 8.65. The first-order chi connectivity index (χ1) is 12.5. The van der Waals surface area contributed by atoms with Crippen LogP contribution in [0.3, 0.4) is 0 Å². The molecule has 1 amide bonds. The van der Waals surface area contributed by atoms with Crippen molar-refractivity contribution in [2.24, 2.45) is 0 Å². The normalized spacial score (nSPS) is 10.7. The third-order valence-electron chi connectivity index (χ3n) is 3.39. The highest BCUT2D eigenvalue weighted by atomic mass is 16.5. The van der Waals surface area contributed by atoms with Crippen LogP contribution in [0.4, 0.5) is 11.6 Å². The number of nitrogens with zero attached hydrogens (tertiary/aromatic N) is 2. The smallest absolute Gasteiger partial charge is 0.270 e. The van der Waals surface area contributed by atoms with Gasteiger partial charge in [-0.25, -0.2) is 9.97 Å². The number of aryl methyl sites for hydroxylation is 1. The number of ether oxygens (including phenoxy) is 2. The topological polar surface area (TPSA) is 85.4 Å². The summed E-state index contributed by atoms with van der Waals surface area (Å²) in [5, 5.41) is 5.97. The first kappa shape index (κ1) is 19.7. The molecule has 0 fully saturated rings. The van der Waals surface area contributed by atoms with E-state index in [2.05, 4.69) is 20.6 Å². The molecule has 1 heterocycles. The lowest BCUT2D eigenvalue weighted by molar-refractivity contribution is 0.0943. The van der Waals surface area contributed by atoms with Gasteiger partial charge in [-0.15, -0.1) is 0 Å². The fourth-order valence-corrected chi connectivity index (χ4v) is 2.30. The Balaban J connectivity index is 2.14. The second-order valence-corrected chi connectivity index (χ2v) is 6.11. The summed E-state index contributed by atoms with van der Waals surface area (Å²) in [6, 6.07) is 9.22. The Kier molecular flexibility index (Phi) is 7.35. The Hall–Kier alpha value is -2.67. The van der Waals surface area contributed by atoms with Gasteiger partial charge in [0.1, 0.15) is 11.4 Å². The van der Waals surface area contributed by atoms with Crippen LogP contribution in [0.15, 0.2) is 30.3 Å². The maximum Gasteiger partial charge on any atom is 0.270 e. The van der Waals surface area contributed by atoms with Gasteiger partial charge in [0, 0.05) is 26.0 Å². The third-order valence-corrected chi connectivity index (χ3v) is 3.39. The predicted molar refractivity (Wildman–Crippen MR) is 101 cm³/mol. The summed E-state index contributed by atoms with van der Waals surface area (Å²) < 4.78 is 10.8. The first-order valence-electron chi connectivity index (χ1n) is 8.65. The van der Waals surface area contributed by atoms with E-state index in [-0.39, 0.29) is 12.0 Å². The maximum atomic E-state index is 12.3. The summed E-state index contributed by atoms with van der Waals surface area (Å²) in [5.41, 5.74) is 1.77. The maximum absolute atomic E-state index is 12.3. The summed E-state index contributed by atoms with van der Waals surface area (Å²) >= 11 is 0. The molecular weight excluding hydrogens is 332 g/mol. The van der Waals surface area contributed by atoms with Gasteiger partial charge >= 0.3 is 0 Å². The molecule has 0 spiro atoms. The molecule has 140 valence electrons. The van der Waals surface area contributed by atoms with Crippen LogP contribution >= 0.6 is 0 Å². The molecule has 0 unspecified atom stereocenters. The number of rotatable bonds is 9. The number of anilines is 2. The Bertz CT molecular complexity index is 734. The molecule has 2 rings (SSSR count). The Morgan fingerprint density at radius 3 is 2.73 bits per heavy atom. The molecule has 0 aliphatic carbocycles. The average Bonchev–Trinajstić information content (AvgIpc) is 2.59. The van der Waals surface area contributed by atoms with Gasteiger partial charge in [0.2, 0.25) is 5.95 Å². The van der Waals surface area contributed by atoms with Crippen molar-refractivity contribution in [1.82, 2.24) is 15.3 Å². The molecule has 0 saturated carbocycles. The standard InChI is InChI=1S/C19H26N4O3/c1-13(2)26-17-9-6-5-8-15(17)22-19-21-14(3)12-16(23-19)18(24)20-10-7-11-25-4/h5-6,8-9,12-13H,7,10-11H2,1-4H3,(H,20,24)(H,21,22,23). The van der Waals surface area contributed by atoms with Gasteiger partial charge in [0.05, 0.1) is 11.8 Å². The molecule has 26 heavy (non-hydrogen) atoms. The van der Waals surface area contributed by atoms with Crippen LogP contribution in [-0.2, 0) is 4.74 Å². The number of hydrogen-bond donors (Lipinski definition) is 2. The number of aromatic nitrogens is 2. The average molecular weight is 358 g/mol. The molecule has 7 heteroatoms. The highest BCUT2D eigenvalue weighted by Crippen LogP contribution is 2.27. The Morgan fingerprint density at radius 1 is 1.23 bits per heavy atom. The summed E-state index contributed by atoms with van der Waals surface area (Å²) in [6.07, 6.45) is 0.793. The minimum absolute atomic E-state index is 0.0461. The van der Waals surface area contributed by atoms with Gasteiger partial charge in [-0.2, -0.15) is 0 Å². The zero-order chi connectivity index (χ0) is 18.9. The SMILES string of the molecule is COCCCNC(=O)c1cc(C)nc(Nc2ccccc2OC(C)C)n1. The van der Waals surface area contributed by atoms with E-state index in [1.54, 1.807) is 13.2 Å². The van der Waals surface area contributed by atoms with Crippen LogP contribution in [0.1, 0.15) is 36.5 Å². The number of carbonyl (C=O) groups excluding carboxylic acids is 1. The summed E-state index contributed by atoms with van der Waals surface area (Å²) in [4.78, 5) is 21.0. The van der Waals surface area contributed by atoms with Crippen molar-refractivity contribution >= 4 is 17.5 Å². The van der Waals surface area contributed by atoms with Gasteiger partial charge in [-0.3, -0.25) is 4.79 Å². The molecule has 0 radical (unpaired) electrons. The van der Waals surface area contributed by atoms with Crippen LogP contribution in [0, 0.1) is 6.92 Å². The monoisotopic (exact) mass is 358 g/mol. The van der Waals surface area contributed by atoms with Crippen molar-refractivity contribution in [3.63, 3.8) is 0 Å². The highest BCUT2D eigenvalue weighted by Gasteiger charge is 2.12. The number of carbonyl (C=O) groups is 1. The quantitative estimate of drug-likeness (QED) is 0.670. The van der Waals surface area contributed by atoms with E-state index in [1.807, 2.05) is 45.0 Å². The molecule has 0 bridgehead atoms. The van der Waals surface area contributed by atoms with Gasteiger partial charge < -0.3 is 20.1 Å². The molecular formula is C19H26N4O3. The van der Waals surface area contributed by atoms with E-state index >= 15 is 0 Å². The largest absolute Gasteiger partial charge is 0.489 e. The van der Waals surface area contributed by atoms with E-state index in [0.717, 1.165) is 12.1 Å². The van der Waals surface area contributed by atoms with Crippen molar-refractivity contribution in [3.8, 4) is 5.75 Å². The predicted octanol–water partition coefficient (Wildman–Crippen LogP) is 3.08. The molecule has 1 aromatic heterocycles. The fraction of sp³-hybridized carbons (Fsp3) is 0.421. The number of para-hydroxylation sites is 2. The van der Waals surface area contributed by atoms with E-state index < -0.39 is 0 Å². The molecule has 1 aromatic carbocycles. The van der Waals surface area contributed by atoms with Crippen molar-refractivity contribution in [1.29, 1.82) is 0 Å². The van der Waals surface area contributed by atoms with Crippen molar-refractivity contribution in [2.75, 3.05) is 25.6 Å². The Labute approximate surface area is 154 Å². The van der Waals surface area contributed by atoms with Crippen molar-refractivity contribution in [2.45, 2.75) is 33.3 Å². The molecule has 0 aliphatic rings. The molecule has 2 aromatic rings. The number of benzene rings is 1. The highest BCUT2D eigenvalue weighted by molar-refractivity contribution is 5.92. The van der Waals surface area contributed by atoms with Gasteiger partial charge in [-0.05, 0) is 45.4 Å². The molecule has 2 N–H and O–H groups in total. The van der Waals surface area contributed by atoms with E-state index in [9.17, 15) is 4.79 Å². The van der Waals surface area contributed by atoms with Crippen molar-refractivity contribution in [3.05, 3.63) is 41.7 Å². The zero-order valence-corrected chi connectivity index (χ0v) is 15.7.